The molecule has 0 fully saturated rings. The lowest BCUT2D eigenvalue weighted by Gasteiger charge is -2.33. The number of amides is 1. The first-order valence-corrected chi connectivity index (χ1v) is 7.32. The topological polar surface area (TPSA) is 87.1 Å². The summed E-state index contributed by atoms with van der Waals surface area (Å²) in [5.41, 5.74) is 8.62. The largest absolute Gasteiger partial charge is 0.469 e. The highest BCUT2D eigenvalue weighted by Crippen LogP contribution is 2.36. The van der Waals surface area contributed by atoms with Gasteiger partial charge in [-0.05, 0) is 40.5 Å². The van der Waals surface area contributed by atoms with Gasteiger partial charge in [0.15, 0.2) is 0 Å². The fourth-order valence-electron chi connectivity index (χ4n) is 2.28. The van der Waals surface area contributed by atoms with E-state index < -0.39 is 11.6 Å². The van der Waals surface area contributed by atoms with Crippen molar-refractivity contribution in [2.24, 2.45) is 5.11 Å². The molecule has 1 aliphatic heterocycles. The van der Waals surface area contributed by atoms with E-state index in [0.29, 0.717) is 11.4 Å². The maximum atomic E-state index is 12.4. The van der Waals surface area contributed by atoms with E-state index in [1.165, 1.54) is 0 Å². The van der Waals surface area contributed by atoms with Gasteiger partial charge in [-0.3, -0.25) is 4.79 Å². The van der Waals surface area contributed by atoms with Crippen molar-refractivity contribution in [3.8, 4) is 5.75 Å². The summed E-state index contributed by atoms with van der Waals surface area (Å²) in [6.45, 7) is 0. The van der Waals surface area contributed by atoms with Crippen LogP contribution in [0.25, 0.3) is 10.4 Å². The van der Waals surface area contributed by atoms with Gasteiger partial charge in [0.2, 0.25) is 0 Å². The predicted octanol–water partition coefficient (Wildman–Crippen LogP) is 4.03. The minimum Gasteiger partial charge on any atom is -0.469 e. The number of anilines is 1. The zero-order valence-corrected chi connectivity index (χ0v) is 12.9. The van der Waals surface area contributed by atoms with Crippen molar-refractivity contribution in [1.82, 2.24) is 0 Å². The first-order valence-electron chi connectivity index (χ1n) is 6.53. The van der Waals surface area contributed by atoms with E-state index in [-0.39, 0.29) is 6.42 Å². The number of azide groups is 1. The van der Waals surface area contributed by atoms with Crippen LogP contribution in [0.3, 0.4) is 0 Å². The van der Waals surface area contributed by atoms with Crippen molar-refractivity contribution in [3.63, 3.8) is 0 Å². The molecule has 0 spiro atoms. The molecule has 0 bridgehead atoms. The molecule has 1 N–H and O–H groups in total. The number of nitrogens with one attached hydrogen (secondary N) is 1. The number of hydrogen-bond acceptors (Lipinski definition) is 3. The molecule has 1 amide bonds. The first-order chi connectivity index (χ1) is 10.6. The molecule has 0 saturated carbocycles. The Morgan fingerprint density at radius 1 is 1.23 bits per heavy atom. The van der Waals surface area contributed by atoms with Crippen LogP contribution in [0.15, 0.2) is 58.1 Å². The van der Waals surface area contributed by atoms with E-state index in [9.17, 15) is 4.79 Å². The lowest BCUT2D eigenvalue weighted by Crippen LogP contribution is -2.50. The maximum Gasteiger partial charge on any atom is 0.275 e. The number of ether oxygens (including phenoxy) is 1. The molecule has 6 nitrogen and oxygen atoms in total. The molecule has 2 aromatic rings. The molecule has 0 saturated heterocycles. The van der Waals surface area contributed by atoms with Gasteiger partial charge < -0.3 is 10.1 Å². The van der Waals surface area contributed by atoms with Crippen LogP contribution in [0, 0.1) is 0 Å². The van der Waals surface area contributed by atoms with Crippen molar-refractivity contribution in [1.29, 1.82) is 0 Å². The molecule has 22 heavy (non-hydrogen) atoms. The van der Waals surface area contributed by atoms with Gasteiger partial charge in [-0.2, -0.15) is 0 Å². The molecule has 3 rings (SSSR count). The summed E-state index contributed by atoms with van der Waals surface area (Å²) in [6, 6.07) is 14.4. The molecule has 0 radical (unpaired) electrons. The first kappa shape index (κ1) is 14.4. The van der Waals surface area contributed by atoms with E-state index >= 15 is 0 Å². The molecule has 7 heteroatoms. The van der Waals surface area contributed by atoms with Gasteiger partial charge in [0.05, 0.1) is 5.69 Å². The van der Waals surface area contributed by atoms with Crippen molar-refractivity contribution < 1.29 is 9.53 Å². The number of para-hydroxylation sites is 2. The second kappa shape index (κ2) is 5.71. The van der Waals surface area contributed by atoms with Gasteiger partial charge in [0.25, 0.3) is 11.6 Å². The molecule has 1 heterocycles. The number of fused-ring (bicyclic) bond motifs is 1. The fraction of sp³-hybridized carbons (Fsp3) is 0.133. The Balaban J connectivity index is 2.00. The molecule has 2 aromatic carbocycles. The predicted molar refractivity (Wildman–Crippen MR) is 85.4 cm³/mol. The molecule has 0 aliphatic carbocycles. The lowest BCUT2D eigenvalue weighted by atomic mass is 10.0. The Labute approximate surface area is 134 Å². The zero-order valence-electron chi connectivity index (χ0n) is 11.4. The number of carbonyl (C=O) groups excluding carboxylic acids is 1. The van der Waals surface area contributed by atoms with Crippen molar-refractivity contribution >= 4 is 27.5 Å². The smallest absolute Gasteiger partial charge is 0.275 e. The molecule has 1 aliphatic rings. The number of benzene rings is 2. The van der Waals surface area contributed by atoms with Gasteiger partial charge in [0, 0.05) is 15.8 Å². The zero-order chi connectivity index (χ0) is 15.6. The third kappa shape index (κ3) is 2.64. The second-order valence-electron chi connectivity index (χ2n) is 4.83. The standard InChI is InChI=1S/C15H11BrN4O2/c16-11-7-5-10(6-8-11)9-15(19-20-17)14(21)18-12-3-1-2-4-13(12)22-15/h1-8H,9H2,(H,18,21). The molecular formula is C15H11BrN4O2. The van der Waals surface area contributed by atoms with E-state index in [2.05, 4.69) is 31.3 Å². The average molecular weight is 359 g/mol. The summed E-state index contributed by atoms with van der Waals surface area (Å²) in [6.07, 6.45) is 0.143. The monoisotopic (exact) mass is 358 g/mol. The normalized spacial score (nSPS) is 19.4. The quantitative estimate of drug-likeness (QED) is 0.510. The highest BCUT2D eigenvalue weighted by Gasteiger charge is 2.44. The number of rotatable bonds is 3. The van der Waals surface area contributed by atoms with Crippen LogP contribution < -0.4 is 10.1 Å². The minimum atomic E-state index is -1.63. The highest BCUT2D eigenvalue weighted by atomic mass is 79.9. The Kier molecular flexibility index (Phi) is 3.75. The third-order valence-corrected chi connectivity index (χ3v) is 3.86. The van der Waals surface area contributed by atoms with Gasteiger partial charge >= 0.3 is 0 Å². The van der Waals surface area contributed by atoms with Crippen LogP contribution in [-0.4, -0.2) is 11.6 Å². The van der Waals surface area contributed by atoms with Gasteiger partial charge in [-0.25, -0.2) is 0 Å². The van der Waals surface area contributed by atoms with Crippen molar-refractivity contribution in [2.45, 2.75) is 12.1 Å². The summed E-state index contributed by atoms with van der Waals surface area (Å²) in [5, 5.41) is 6.38. The van der Waals surface area contributed by atoms with E-state index in [1.54, 1.807) is 24.3 Å². The summed E-state index contributed by atoms with van der Waals surface area (Å²) in [4.78, 5) is 15.2. The number of carbonyl (C=O) groups is 1. The van der Waals surface area contributed by atoms with Crippen LogP contribution in [0.1, 0.15) is 5.56 Å². The van der Waals surface area contributed by atoms with Gasteiger partial charge in [0.1, 0.15) is 5.75 Å². The SMILES string of the molecule is [N-]=[N+]=NC1(Cc2ccc(Br)cc2)Oc2ccccc2NC1=O. The van der Waals surface area contributed by atoms with Gasteiger partial charge in [-0.1, -0.05) is 40.2 Å². The van der Waals surface area contributed by atoms with E-state index in [4.69, 9.17) is 10.3 Å². The second-order valence-corrected chi connectivity index (χ2v) is 5.75. The van der Waals surface area contributed by atoms with Crippen LogP contribution >= 0.6 is 15.9 Å². The molecule has 110 valence electrons. The molecule has 0 aromatic heterocycles. The number of hydrogen-bond donors (Lipinski definition) is 1. The number of halogens is 1. The van der Waals surface area contributed by atoms with Crippen LogP contribution in [-0.2, 0) is 11.2 Å². The Morgan fingerprint density at radius 3 is 2.68 bits per heavy atom. The highest BCUT2D eigenvalue weighted by molar-refractivity contribution is 9.10. The Morgan fingerprint density at radius 2 is 1.95 bits per heavy atom. The average Bonchev–Trinajstić information content (AvgIpc) is 2.51. The fourth-order valence-corrected chi connectivity index (χ4v) is 2.54. The van der Waals surface area contributed by atoms with Crippen LogP contribution in [0.4, 0.5) is 5.69 Å². The number of nitrogens with zero attached hydrogens (tertiary/aromatic N) is 3. The van der Waals surface area contributed by atoms with Crippen LogP contribution in [0.2, 0.25) is 0 Å². The minimum absolute atomic E-state index is 0.143. The van der Waals surface area contributed by atoms with Crippen molar-refractivity contribution in [2.75, 3.05) is 5.32 Å². The summed E-state index contributed by atoms with van der Waals surface area (Å²) in [5.74, 6) is -0.00136. The Bertz CT molecular complexity index is 771. The molecular weight excluding hydrogens is 348 g/mol. The summed E-state index contributed by atoms with van der Waals surface area (Å²) in [7, 11) is 0. The maximum absolute atomic E-state index is 12.4. The molecule has 1 atom stereocenters. The van der Waals surface area contributed by atoms with Crippen LogP contribution in [0.5, 0.6) is 5.75 Å². The lowest BCUT2D eigenvalue weighted by molar-refractivity contribution is -0.131. The van der Waals surface area contributed by atoms with E-state index in [1.807, 2.05) is 24.3 Å². The summed E-state index contributed by atoms with van der Waals surface area (Å²) < 4.78 is 6.69. The van der Waals surface area contributed by atoms with Crippen molar-refractivity contribution in [3.05, 3.63) is 69.0 Å². The molecule has 1 unspecified atom stereocenters. The van der Waals surface area contributed by atoms with Gasteiger partial charge in [-0.15, -0.1) is 0 Å². The third-order valence-electron chi connectivity index (χ3n) is 3.33. The Hall–Kier alpha value is -2.50. The van der Waals surface area contributed by atoms with E-state index in [0.717, 1.165) is 10.0 Å². The summed E-state index contributed by atoms with van der Waals surface area (Å²) >= 11 is 3.36.